The van der Waals surface area contributed by atoms with Crippen LogP contribution in [-0.4, -0.2) is 6.15 Å². The Balaban J connectivity index is 2.10. The third-order valence-corrected chi connectivity index (χ3v) is 3.88. The summed E-state index contributed by atoms with van der Waals surface area (Å²) in [6.45, 7) is 0. The largest absolute Gasteiger partial charge is 0.509 e. The summed E-state index contributed by atoms with van der Waals surface area (Å²) in [7, 11) is 0. The second-order valence-corrected chi connectivity index (χ2v) is 4.93. The quantitative estimate of drug-likeness (QED) is 0.530. The van der Waals surface area contributed by atoms with Gasteiger partial charge in [0.2, 0.25) is 0 Å². The summed E-state index contributed by atoms with van der Waals surface area (Å²) in [5.41, 5.74) is 2.93. The molecular formula is C16H12BO4-. The molecule has 0 bridgehead atoms. The number of hydrogen-bond donors (Lipinski definition) is 0. The average Bonchev–Trinajstić information content (AvgIpc) is 3.32. The molecule has 0 amide bonds. The van der Waals surface area contributed by atoms with Crippen LogP contribution in [0.1, 0.15) is 0 Å². The minimum atomic E-state index is -1.72. The molecule has 4 heterocycles. The summed E-state index contributed by atoms with van der Waals surface area (Å²) in [5.74, 6) is 0. The van der Waals surface area contributed by atoms with Crippen molar-refractivity contribution in [1.29, 1.82) is 0 Å². The zero-order valence-corrected chi connectivity index (χ0v) is 11.1. The van der Waals surface area contributed by atoms with Crippen molar-refractivity contribution >= 4 is 28.8 Å². The van der Waals surface area contributed by atoms with E-state index in [2.05, 4.69) is 0 Å². The van der Waals surface area contributed by atoms with Gasteiger partial charge in [-0.2, -0.15) is 0 Å². The molecule has 5 heteroatoms. The highest BCUT2D eigenvalue weighted by Crippen LogP contribution is 2.10. The summed E-state index contributed by atoms with van der Waals surface area (Å²) in [5, 5.41) is 0. The van der Waals surface area contributed by atoms with Crippen molar-refractivity contribution in [3.05, 3.63) is 73.6 Å². The predicted molar refractivity (Wildman–Crippen MR) is 79.1 cm³/mol. The Labute approximate surface area is 120 Å². The van der Waals surface area contributed by atoms with Crippen molar-refractivity contribution in [2.24, 2.45) is 0 Å². The van der Waals surface area contributed by atoms with Gasteiger partial charge in [0.1, 0.15) is 0 Å². The van der Waals surface area contributed by atoms with Crippen LogP contribution in [0.5, 0.6) is 0 Å². The second kappa shape index (κ2) is 4.63. The first-order valence-corrected chi connectivity index (χ1v) is 6.74. The van der Waals surface area contributed by atoms with Crippen LogP contribution in [0, 0.1) is 0 Å². The highest BCUT2D eigenvalue weighted by Gasteiger charge is 2.42. The summed E-state index contributed by atoms with van der Waals surface area (Å²) >= 11 is 0. The molecule has 0 aliphatic rings. The molecule has 4 aromatic rings. The second-order valence-electron chi connectivity index (χ2n) is 4.93. The normalized spacial score (nSPS) is 11.8. The number of rotatable bonds is 4. The van der Waals surface area contributed by atoms with E-state index in [1.54, 1.807) is 25.1 Å². The van der Waals surface area contributed by atoms with Gasteiger partial charge in [-0.05, 0) is 46.9 Å². The molecule has 104 valence electrons. The molecule has 4 rings (SSSR count). The Morgan fingerprint density at radius 1 is 0.476 bits per heavy atom. The van der Waals surface area contributed by atoms with Gasteiger partial charge in [-0.1, -0.05) is 24.3 Å². The van der Waals surface area contributed by atoms with Gasteiger partial charge in [-0.25, -0.2) is 0 Å². The van der Waals surface area contributed by atoms with E-state index in [9.17, 15) is 0 Å². The molecule has 0 aliphatic heterocycles. The first-order chi connectivity index (χ1) is 10.4. The van der Waals surface area contributed by atoms with E-state index in [-0.39, 0.29) is 0 Å². The van der Waals surface area contributed by atoms with Gasteiger partial charge in [0, 0.05) is 0 Å². The maximum absolute atomic E-state index is 5.72. The van der Waals surface area contributed by atoms with Crippen LogP contribution in [-0.2, 0) is 0 Å². The van der Waals surface area contributed by atoms with Gasteiger partial charge in [-0.15, -0.1) is 0 Å². The third kappa shape index (κ3) is 1.64. The van der Waals surface area contributed by atoms with Crippen molar-refractivity contribution < 1.29 is 17.7 Å². The first kappa shape index (κ1) is 12.0. The van der Waals surface area contributed by atoms with Gasteiger partial charge in [-0.3, -0.25) is 0 Å². The zero-order chi connectivity index (χ0) is 14.1. The topological polar surface area (TPSA) is 52.6 Å². The lowest BCUT2D eigenvalue weighted by molar-refractivity contribution is 0.561. The number of furan rings is 4. The minimum Gasteiger partial charge on any atom is -0.509 e. The van der Waals surface area contributed by atoms with Crippen LogP contribution in [0.15, 0.2) is 91.3 Å². The van der Waals surface area contributed by atoms with Gasteiger partial charge >= 0.3 is 0 Å². The molecule has 4 nitrogen and oxygen atoms in total. The monoisotopic (exact) mass is 279 g/mol. The predicted octanol–water partition coefficient (Wildman–Crippen LogP) is 1.44. The Morgan fingerprint density at radius 2 is 0.762 bits per heavy atom. The Morgan fingerprint density at radius 3 is 0.952 bits per heavy atom. The van der Waals surface area contributed by atoms with Crippen molar-refractivity contribution in [2.75, 3.05) is 0 Å². The summed E-state index contributed by atoms with van der Waals surface area (Å²) in [6, 6.07) is 15.0. The smallest absolute Gasteiger partial charge is 0.263 e. The summed E-state index contributed by atoms with van der Waals surface area (Å²) in [6.07, 6.45) is 4.84. The van der Waals surface area contributed by atoms with Crippen molar-refractivity contribution in [3.8, 4) is 0 Å². The lowest BCUT2D eigenvalue weighted by Gasteiger charge is -2.32. The van der Waals surface area contributed by atoms with E-state index >= 15 is 0 Å². The molecule has 21 heavy (non-hydrogen) atoms. The molecular weight excluding hydrogens is 267 g/mol. The molecule has 0 fully saturated rings. The van der Waals surface area contributed by atoms with E-state index in [0.717, 1.165) is 22.6 Å². The number of hydrogen-bond acceptors (Lipinski definition) is 4. The molecule has 4 aromatic heterocycles. The van der Waals surface area contributed by atoms with Gasteiger partial charge in [0.25, 0.3) is 6.15 Å². The van der Waals surface area contributed by atoms with Crippen LogP contribution in [0.2, 0.25) is 0 Å². The van der Waals surface area contributed by atoms with Crippen LogP contribution >= 0.6 is 0 Å². The van der Waals surface area contributed by atoms with Gasteiger partial charge in [0.15, 0.2) is 0 Å². The maximum Gasteiger partial charge on any atom is 0.263 e. The standard InChI is InChI=1S/C16H12BO4/c1-5-13(18-9-1)17(14-6-2-10-19-14,15-7-3-11-20-15)16-8-4-12-21-16/h1-12H/q-1. The Kier molecular flexibility index (Phi) is 2.64. The summed E-state index contributed by atoms with van der Waals surface area (Å²) in [4.78, 5) is 0. The van der Waals surface area contributed by atoms with Gasteiger partial charge in [0.05, 0.1) is 25.1 Å². The van der Waals surface area contributed by atoms with Gasteiger partial charge < -0.3 is 17.7 Å². The lowest BCUT2D eigenvalue weighted by atomic mass is 9.19. The Hall–Kier alpha value is -2.82. The molecule has 0 aromatic carbocycles. The van der Waals surface area contributed by atoms with Crippen LogP contribution in [0.4, 0.5) is 0 Å². The van der Waals surface area contributed by atoms with E-state index in [1.807, 2.05) is 48.5 Å². The molecule has 0 aliphatic carbocycles. The zero-order valence-electron chi connectivity index (χ0n) is 11.1. The van der Waals surface area contributed by atoms with E-state index in [4.69, 9.17) is 17.7 Å². The SMILES string of the molecule is c1coc([B-](c2ccco2)(c2ccco2)c2ccco2)c1. The molecule has 0 radical (unpaired) electrons. The van der Waals surface area contributed by atoms with Crippen LogP contribution < -0.4 is 22.6 Å². The molecule has 0 atom stereocenters. The lowest BCUT2D eigenvalue weighted by Crippen LogP contribution is -2.73. The highest BCUT2D eigenvalue weighted by atomic mass is 16.4. The van der Waals surface area contributed by atoms with Crippen LogP contribution in [0.25, 0.3) is 0 Å². The summed E-state index contributed by atoms with van der Waals surface area (Å²) < 4.78 is 22.9. The fourth-order valence-electron chi connectivity index (χ4n) is 2.99. The highest BCUT2D eigenvalue weighted by molar-refractivity contribution is 7.17. The average molecular weight is 279 g/mol. The fourth-order valence-corrected chi connectivity index (χ4v) is 2.99. The third-order valence-electron chi connectivity index (χ3n) is 3.88. The van der Waals surface area contributed by atoms with E-state index in [0.29, 0.717) is 0 Å². The van der Waals surface area contributed by atoms with Crippen molar-refractivity contribution in [2.45, 2.75) is 0 Å². The molecule has 0 unspecified atom stereocenters. The Bertz CT molecular complexity index is 638. The molecule has 0 N–H and O–H groups in total. The fraction of sp³-hybridized carbons (Fsp3) is 0. The molecule has 0 saturated carbocycles. The minimum absolute atomic E-state index is 0.731. The van der Waals surface area contributed by atoms with Crippen molar-refractivity contribution in [3.63, 3.8) is 0 Å². The molecule has 0 saturated heterocycles. The molecule has 0 spiro atoms. The van der Waals surface area contributed by atoms with Crippen molar-refractivity contribution in [1.82, 2.24) is 0 Å². The van der Waals surface area contributed by atoms with E-state index < -0.39 is 6.15 Å². The van der Waals surface area contributed by atoms with E-state index in [1.165, 1.54) is 0 Å². The first-order valence-electron chi connectivity index (χ1n) is 6.74. The van der Waals surface area contributed by atoms with Crippen LogP contribution in [0.3, 0.4) is 0 Å². The maximum atomic E-state index is 5.72.